The van der Waals surface area contributed by atoms with E-state index in [0.29, 0.717) is 41.7 Å². The monoisotopic (exact) mass is 1050 g/mol. The van der Waals surface area contributed by atoms with Crippen molar-refractivity contribution in [2.75, 3.05) is 31.5 Å². The maximum absolute atomic E-state index is 17.4. The number of allylic oxidation sites excluding steroid dienone is 4. The van der Waals surface area contributed by atoms with Gasteiger partial charge in [0.1, 0.15) is 28.6 Å². The Morgan fingerprint density at radius 3 is 2.41 bits per heavy atom. The minimum atomic E-state index is -2.34. The van der Waals surface area contributed by atoms with Crippen LogP contribution in [0.2, 0.25) is 0 Å². The van der Waals surface area contributed by atoms with E-state index in [4.69, 9.17) is 9.47 Å². The van der Waals surface area contributed by atoms with E-state index in [-0.39, 0.29) is 42.1 Å². The minimum Gasteiger partial charge on any atom is -0.508 e. The van der Waals surface area contributed by atoms with Crippen LogP contribution in [0, 0.1) is 35.5 Å². The molecule has 6 N–H and O–H groups in total. The Labute approximate surface area is 437 Å². The SMILES string of the molecule is COc1ccc(Nc2ccc(CCNC[C@H](O)c3ccc(O)c(CO)c3)cc2)cc1-c1ccccc1.Cc1ncsc1C(=O)O[C@]1(C(=O)SCF)[C@H](C)C[C@H]2[C@@H]3C[C@H](F)C4=CC(=O)C=C[C@]4(C)[C@@]3(F)[C@@H](O)C[C@@]21C. The molecule has 0 aliphatic heterocycles. The molecule has 1 aromatic heterocycles. The van der Waals surface area contributed by atoms with Gasteiger partial charge in [-0.05, 0) is 141 Å². The topological polar surface area (TPSA) is 188 Å². The largest absolute Gasteiger partial charge is 0.508 e. The number of ether oxygens (including phenoxy) is 2. The van der Waals surface area contributed by atoms with Crippen LogP contribution in [-0.4, -0.2) is 92.0 Å². The Kier molecular flexibility index (Phi) is 16.3. The normalized spacial score (nSPS) is 28.1. The summed E-state index contributed by atoms with van der Waals surface area (Å²) in [4.78, 5) is 43.3. The number of nitrogens with one attached hydrogen (secondary N) is 2. The summed E-state index contributed by atoms with van der Waals surface area (Å²) >= 11 is 1.42. The first-order valence-electron chi connectivity index (χ1n) is 24.6. The summed E-state index contributed by atoms with van der Waals surface area (Å²) in [6.07, 6.45) is 0.0849. The number of phenols is 1. The van der Waals surface area contributed by atoms with Gasteiger partial charge in [0.05, 0.1) is 37.1 Å². The van der Waals surface area contributed by atoms with Gasteiger partial charge in [0.25, 0.3) is 0 Å². The molecule has 4 aliphatic rings. The summed E-state index contributed by atoms with van der Waals surface area (Å²) in [6, 6.07) is 28.3. The van der Waals surface area contributed by atoms with E-state index in [9.17, 15) is 39.2 Å². The number of hydrogen-bond donors (Lipinski definition) is 6. The zero-order valence-electron chi connectivity index (χ0n) is 41.8. The number of thioether (sulfide) groups is 1. The molecule has 392 valence electrons. The van der Waals surface area contributed by atoms with Crippen molar-refractivity contribution in [2.45, 2.75) is 89.6 Å². The van der Waals surface area contributed by atoms with Gasteiger partial charge in [0.15, 0.2) is 17.1 Å². The first-order valence-corrected chi connectivity index (χ1v) is 26.4. The van der Waals surface area contributed by atoms with Crippen LogP contribution in [0.5, 0.6) is 11.5 Å². The number of aryl methyl sites for hydroxylation is 1. The average molecular weight is 1050 g/mol. The fraction of sp³-hybridized carbons (Fsp3) is 0.404. The minimum absolute atomic E-state index is 0.000119. The number of hydrogen-bond acceptors (Lipinski definition) is 14. The number of aromatic nitrogens is 1. The Morgan fingerprint density at radius 1 is 1.00 bits per heavy atom. The quantitative estimate of drug-likeness (QED) is 0.0430. The molecule has 1 heterocycles. The maximum Gasteiger partial charge on any atom is 0.351 e. The third-order valence-corrected chi connectivity index (χ3v) is 17.5. The van der Waals surface area contributed by atoms with Crippen LogP contribution in [-0.2, 0) is 27.4 Å². The van der Waals surface area contributed by atoms with Crippen molar-refractivity contribution in [1.82, 2.24) is 10.3 Å². The number of alkyl halides is 3. The van der Waals surface area contributed by atoms with Gasteiger partial charge in [0.2, 0.25) is 5.12 Å². The molecule has 0 radical (unpaired) electrons. The second-order valence-electron chi connectivity index (χ2n) is 20.0. The molecule has 3 saturated carbocycles. The molecule has 74 heavy (non-hydrogen) atoms. The molecule has 17 heteroatoms. The number of nitrogens with zero attached hydrogens (tertiary/aromatic N) is 1. The van der Waals surface area contributed by atoms with Crippen molar-refractivity contribution in [3.63, 3.8) is 0 Å². The highest BCUT2D eigenvalue weighted by atomic mass is 32.2. The van der Waals surface area contributed by atoms with Crippen molar-refractivity contribution >= 4 is 51.3 Å². The molecule has 0 unspecified atom stereocenters. The lowest BCUT2D eigenvalue weighted by Crippen LogP contribution is -2.70. The van der Waals surface area contributed by atoms with Gasteiger partial charge >= 0.3 is 5.97 Å². The summed E-state index contributed by atoms with van der Waals surface area (Å²) in [5, 5.41) is 46.9. The van der Waals surface area contributed by atoms with Crippen molar-refractivity contribution < 1.29 is 57.5 Å². The number of carbonyl (C=O) groups is 3. The smallest absolute Gasteiger partial charge is 0.351 e. The van der Waals surface area contributed by atoms with Crippen LogP contribution in [0.15, 0.2) is 120 Å². The van der Waals surface area contributed by atoms with Gasteiger partial charge < -0.3 is 40.5 Å². The summed E-state index contributed by atoms with van der Waals surface area (Å²) in [5.41, 5.74) is 1.15. The van der Waals surface area contributed by atoms with Crippen molar-refractivity contribution in [1.29, 1.82) is 0 Å². The molecule has 0 bridgehead atoms. The van der Waals surface area contributed by atoms with E-state index < -0.39 is 81.1 Å². The van der Waals surface area contributed by atoms with Crippen molar-refractivity contribution in [2.24, 2.45) is 28.6 Å². The lowest BCUT2D eigenvalue weighted by atomic mass is 9.44. The molecule has 5 aromatic rings. The van der Waals surface area contributed by atoms with Crippen LogP contribution in [0.1, 0.15) is 78.2 Å². The molecular formula is C57H62F3N3O9S2. The summed E-state index contributed by atoms with van der Waals surface area (Å²) < 4.78 is 58.2. The van der Waals surface area contributed by atoms with Crippen molar-refractivity contribution in [3.8, 4) is 22.6 Å². The first-order chi connectivity index (χ1) is 35.3. The standard InChI is InChI=1S/C30H32N2O4.C27H30F3NO5S2/c1-36-30-14-12-26(18-27(30)22-5-3-2-4-6-22)32-25-10-7-21(8-11-25)15-16-31-19-29(35)23-9-13-28(34)24(17-23)20-33;1-13-7-16-17-9-19(29)18-8-15(32)5-6-24(18,3)26(17,30)20(33)10-25(16,4)27(13,23(35)37-11-28)36-22(34)21-14(2)31-12-38-21/h2-14,17-18,29,31-35H,15-16,19-20H2,1H3;5-6,8,12-13,16-17,19-20,33H,7,9-11H2,1-4H3/t29-;13-,16+,17+,19+,20+,24+,25+,26+,27+/m01/s1. The number of anilines is 2. The molecule has 9 rings (SSSR count). The Bertz CT molecular complexity index is 2920. The molecule has 4 aromatic carbocycles. The van der Waals surface area contributed by atoms with Gasteiger partial charge in [-0.1, -0.05) is 68.5 Å². The summed E-state index contributed by atoms with van der Waals surface area (Å²) in [5.74, 6) is -2.76. The van der Waals surface area contributed by atoms with E-state index in [2.05, 4.69) is 58.1 Å². The van der Waals surface area contributed by atoms with E-state index in [1.54, 1.807) is 40.0 Å². The number of rotatable bonds is 15. The second-order valence-corrected chi connectivity index (χ2v) is 21.8. The maximum atomic E-state index is 17.4. The Morgan fingerprint density at radius 2 is 1.73 bits per heavy atom. The van der Waals surface area contributed by atoms with Gasteiger partial charge in [-0.3, -0.25) is 9.59 Å². The highest BCUT2D eigenvalue weighted by Gasteiger charge is 2.78. The highest BCUT2D eigenvalue weighted by Crippen LogP contribution is 2.72. The number of ketones is 1. The first kappa shape index (κ1) is 54.4. The third kappa shape index (κ3) is 9.94. The Balaban J connectivity index is 0.000000197. The van der Waals surface area contributed by atoms with E-state index in [1.807, 2.05) is 30.3 Å². The number of fused-ring (bicyclic) bond motifs is 5. The number of methoxy groups -OCH3 is 1. The number of esters is 1. The van der Waals surface area contributed by atoms with E-state index >= 15 is 8.78 Å². The van der Waals surface area contributed by atoms with Crippen LogP contribution < -0.4 is 15.4 Å². The van der Waals surface area contributed by atoms with E-state index in [1.165, 1.54) is 36.2 Å². The number of aromatic hydroxyl groups is 1. The molecule has 0 amide bonds. The number of aliphatic hydroxyl groups is 3. The molecule has 3 fully saturated rings. The number of benzene rings is 4. The van der Waals surface area contributed by atoms with Gasteiger partial charge in [-0.15, -0.1) is 11.3 Å². The predicted molar refractivity (Wildman–Crippen MR) is 280 cm³/mol. The average Bonchev–Trinajstić information content (AvgIpc) is 3.92. The molecular weight excluding hydrogens is 992 g/mol. The second kappa shape index (κ2) is 22.2. The number of carbonyl (C=O) groups excluding carboxylic acids is 3. The lowest BCUT2D eigenvalue weighted by Gasteiger charge is -2.63. The highest BCUT2D eigenvalue weighted by molar-refractivity contribution is 8.13. The summed E-state index contributed by atoms with van der Waals surface area (Å²) in [6.45, 7) is 7.31. The van der Waals surface area contributed by atoms with Crippen LogP contribution >= 0.6 is 23.1 Å². The molecule has 4 aliphatic carbocycles. The predicted octanol–water partition coefficient (Wildman–Crippen LogP) is 10.3. The third-order valence-electron chi connectivity index (χ3n) is 16.0. The molecule has 12 nitrogen and oxygen atoms in total. The fourth-order valence-electron chi connectivity index (χ4n) is 12.1. The zero-order chi connectivity index (χ0) is 53.2. The number of halogens is 3. The lowest BCUT2D eigenvalue weighted by molar-refractivity contribution is -0.221. The van der Waals surface area contributed by atoms with E-state index in [0.717, 1.165) is 52.1 Å². The van der Waals surface area contributed by atoms with Gasteiger partial charge in [-0.2, -0.15) is 0 Å². The van der Waals surface area contributed by atoms with Gasteiger partial charge in [0, 0.05) is 51.7 Å². The van der Waals surface area contributed by atoms with Gasteiger partial charge in [-0.25, -0.2) is 22.9 Å². The molecule has 10 atom stereocenters. The molecule has 0 spiro atoms. The zero-order valence-corrected chi connectivity index (χ0v) is 43.5. The Hall–Kier alpha value is -5.82. The number of aliphatic hydroxyl groups excluding tert-OH is 3. The van der Waals surface area contributed by atoms with Crippen LogP contribution in [0.4, 0.5) is 24.5 Å². The van der Waals surface area contributed by atoms with Crippen LogP contribution in [0.3, 0.4) is 0 Å². The summed E-state index contributed by atoms with van der Waals surface area (Å²) in [7, 11) is 1.68. The van der Waals surface area contributed by atoms with Crippen LogP contribution in [0.25, 0.3) is 11.1 Å². The fourth-order valence-corrected chi connectivity index (χ4v) is 13.6. The number of thiazole rings is 1. The molecule has 0 saturated heterocycles. The van der Waals surface area contributed by atoms with Crippen molar-refractivity contribution in [3.05, 3.63) is 148 Å².